The quantitative estimate of drug-likeness (QED) is 0.591. The molecule has 1 aliphatic carbocycles. The van der Waals surface area contributed by atoms with E-state index < -0.39 is 28.7 Å². The molecule has 2 atom stereocenters. The summed E-state index contributed by atoms with van der Waals surface area (Å²) in [7, 11) is 0. The number of ether oxygens (including phenoxy) is 2. The number of carbonyl (C=O) groups is 2. The van der Waals surface area contributed by atoms with Gasteiger partial charge in [-0.1, -0.05) is 44.2 Å². The Labute approximate surface area is 148 Å². The highest BCUT2D eigenvalue weighted by molar-refractivity contribution is 5.87. The van der Waals surface area contributed by atoms with E-state index in [1.807, 2.05) is 44.2 Å². The van der Waals surface area contributed by atoms with Crippen LogP contribution in [-0.4, -0.2) is 17.5 Å². The van der Waals surface area contributed by atoms with Gasteiger partial charge in [0.2, 0.25) is 5.83 Å². The number of esters is 2. The molecule has 136 valence electrons. The summed E-state index contributed by atoms with van der Waals surface area (Å²) in [6.45, 7) is 8.89. The Hall–Kier alpha value is -2.17. The number of halogens is 1. The summed E-state index contributed by atoms with van der Waals surface area (Å²) in [5.74, 6) is -3.21. The van der Waals surface area contributed by atoms with Gasteiger partial charge in [0.25, 0.3) is 0 Å². The van der Waals surface area contributed by atoms with Gasteiger partial charge in [-0.05, 0) is 43.7 Å². The predicted octanol–water partition coefficient (Wildman–Crippen LogP) is 4.20. The predicted molar refractivity (Wildman–Crippen MR) is 92.0 cm³/mol. The number of benzene rings is 1. The molecule has 5 heteroatoms. The highest BCUT2D eigenvalue weighted by atomic mass is 19.1. The number of carbonyl (C=O) groups excluding carboxylic acids is 2. The molecule has 1 aromatic carbocycles. The Morgan fingerprint density at radius 2 is 1.80 bits per heavy atom. The third-order valence-electron chi connectivity index (χ3n) is 4.31. The van der Waals surface area contributed by atoms with Crippen molar-refractivity contribution < 1.29 is 23.5 Å². The van der Waals surface area contributed by atoms with E-state index in [2.05, 4.69) is 0 Å². The lowest BCUT2D eigenvalue weighted by Crippen LogP contribution is -2.24. The number of hydrogen-bond donors (Lipinski definition) is 0. The first-order valence-electron chi connectivity index (χ1n) is 8.33. The lowest BCUT2D eigenvalue weighted by Gasteiger charge is -2.18. The van der Waals surface area contributed by atoms with E-state index in [0.29, 0.717) is 0 Å². The molecule has 0 unspecified atom stereocenters. The van der Waals surface area contributed by atoms with Crippen LogP contribution in [0.5, 0.6) is 0 Å². The van der Waals surface area contributed by atoms with Gasteiger partial charge >= 0.3 is 11.9 Å². The van der Waals surface area contributed by atoms with Gasteiger partial charge in [0.15, 0.2) is 0 Å². The molecular formula is C20H25FO4. The van der Waals surface area contributed by atoms with Crippen LogP contribution < -0.4 is 0 Å². The molecule has 1 saturated carbocycles. The van der Waals surface area contributed by atoms with Gasteiger partial charge in [-0.25, -0.2) is 4.79 Å². The third kappa shape index (κ3) is 4.91. The SMILES string of the molecule is CC(C)(C)OC(=O)/C(F)=C\[C@H]1[C@@H](C(=O)OCc2ccccc2)C1(C)C. The summed E-state index contributed by atoms with van der Waals surface area (Å²) in [5.41, 5.74) is -0.330. The van der Waals surface area contributed by atoms with E-state index in [9.17, 15) is 14.0 Å². The van der Waals surface area contributed by atoms with E-state index in [4.69, 9.17) is 9.47 Å². The van der Waals surface area contributed by atoms with Crippen LogP contribution in [0.2, 0.25) is 0 Å². The molecule has 0 aromatic heterocycles. The Bertz CT molecular complexity index is 671. The minimum atomic E-state index is -1.01. The molecule has 0 aliphatic heterocycles. The number of rotatable bonds is 5. The molecule has 0 saturated heterocycles. The van der Waals surface area contributed by atoms with E-state index >= 15 is 0 Å². The highest BCUT2D eigenvalue weighted by Gasteiger charge is 2.62. The van der Waals surface area contributed by atoms with Crippen LogP contribution >= 0.6 is 0 Å². The average Bonchev–Trinajstić information content (AvgIpc) is 3.05. The standard InChI is InChI=1S/C20H25FO4/c1-19(2,3)25-17(22)15(21)11-14-16(20(14,4)5)18(23)24-12-13-9-7-6-8-10-13/h6-11,14,16H,12H2,1-5H3/b15-11+/t14-,16-/m0/s1. The van der Waals surface area contributed by atoms with Crippen LogP contribution in [0, 0.1) is 17.3 Å². The molecule has 0 bridgehead atoms. The Morgan fingerprint density at radius 1 is 1.20 bits per heavy atom. The maximum Gasteiger partial charge on any atom is 0.367 e. The first kappa shape index (κ1) is 19.2. The lowest BCUT2D eigenvalue weighted by atomic mass is 10.1. The van der Waals surface area contributed by atoms with Gasteiger partial charge in [-0.15, -0.1) is 0 Å². The molecular weight excluding hydrogens is 323 g/mol. The van der Waals surface area contributed by atoms with Crippen LogP contribution in [0.4, 0.5) is 4.39 Å². The Morgan fingerprint density at radius 3 is 2.36 bits per heavy atom. The topological polar surface area (TPSA) is 52.6 Å². The smallest absolute Gasteiger partial charge is 0.367 e. The van der Waals surface area contributed by atoms with Crippen LogP contribution in [0.25, 0.3) is 0 Å². The molecule has 0 radical (unpaired) electrons. The largest absolute Gasteiger partial charge is 0.461 e. The summed E-state index contributed by atoms with van der Waals surface area (Å²) in [6, 6.07) is 9.35. The van der Waals surface area contributed by atoms with E-state index in [0.717, 1.165) is 5.56 Å². The summed E-state index contributed by atoms with van der Waals surface area (Å²) in [4.78, 5) is 24.0. The zero-order valence-electron chi connectivity index (χ0n) is 15.3. The van der Waals surface area contributed by atoms with Crippen molar-refractivity contribution in [3.05, 3.63) is 47.8 Å². The molecule has 0 spiro atoms. The van der Waals surface area contributed by atoms with Gasteiger partial charge in [0, 0.05) is 0 Å². The van der Waals surface area contributed by atoms with Gasteiger partial charge < -0.3 is 9.47 Å². The normalized spacial score (nSPS) is 22.2. The minimum absolute atomic E-state index is 0.178. The molecule has 25 heavy (non-hydrogen) atoms. The lowest BCUT2D eigenvalue weighted by molar-refractivity contribution is -0.152. The molecule has 1 fully saturated rings. The number of allylic oxidation sites excluding steroid dienone is 1. The summed E-state index contributed by atoms with van der Waals surface area (Å²) in [6.07, 6.45) is 1.18. The van der Waals surface area contributed by atoms with E-state index in [-0.39, 0.29) is 18.5 Å². The summed E-state index contributed by atoms with van der Waals surface area (Å²) in [5, 5.41) is 0. The van der Waals surface area contributed by atoms with Gasteiger partial charge in [-0.3, -0.25) is 4.79 Å². The first-order chi connectivity index (χ1) is 11.5. The molecule has 1 aliphatic rings. The van der Waals surface area contributed by atoms with Crippen molar-refractivity contribution in [2.24, 2.45) is 17.3 Å². The van der Waals surface area contributed by atoms with Crippen molar-refractivity contribution >= 4 is 11.9 Å². The molecule has 1 aromatic rings. The maximum atomic E-state index is 14.1. The fourth-order valence-corrected chi connectivity index (χ4v) is 2.81. The fourth-order valence-electron chi connectivity index (χ4n) is 2.81. The first-order valence-corrected chi connectivity index (χ1v) is 8.33. The molecule has 0 amide bonds. The van der Waals surface area contributed by atoms with Crippen LogP contribution in [-0.2, 0) is 25.7 Å². The van der Waals surface area contributed by atoms with Crippen molar-refractivity contribution in [2.45, 2.75) is 46.8 Å². The second-order valence-corrected chi connectivity index (χ2v) is 7.93. The van der Waals surface area contributed by atoms with Gasteiger partial charge in [0.05, 0.1) is 5.92 Å². The third-order valence-corrected chi connectivity index (χ3v) is 4.31. The highest BCUT2D eigenvalue weighted by Crippen LogP contribution is 2.60. The maximum absolute atomic E-state index is 14.1. The van der Waals surface area contributed by atoms with Crippen LogP contribution in [0.3, 0.4) is 0 Å². The molecule has 4 nitrogen and oxygen atoms in total. The second-order valence-electron chi connectivity index (χ2n) is 7.93. The zero-order chi connectivity index (χ0) is 18.8. The van der Waals surface area contributed by atoms with Crippen molar-refractivity contribution in [3.8, 4) is 0 Å². The summed E-state index contributed by atoms with van der Waals surface area (Å²) >= 11 is 0. The molecule has 2 rings (SSSR count). The Kier molecular flexibility index (Phi) is 5.35. The van der Waals surface area contributed by atoms with Crippen LogP contribution in [0.15, 0.2) is 42.2 Å². The zero-order valence-corrected chi connectivity index (χ0v) is 15.3. The Balaban J connectivity index is 1.97. The fraction of sp³-hybridized carbons (Fsp3) is 0.500. The average molecular weight is 348 g/mol. The molecule has 0 heterocycles. The number of hydrogen-bond acceptors (Lipinski definition) is 4. The van der Waals surface area contributed by atoms with E-state index in [1.165, 1.54) is 6.08 Å². The van der Waals surface area contributed by atoms with Gasteiger partial charge in [-0.2, -0.15) is 4.39 Å². The van der Waals surface area contributed by atoms with Crippen LogP contribution in [0.1, 0.15) is 40.2 Å². The molecule has 0 N–H and O–H groups in total. The van der Waals surface area contributed by atoms with Crippen molar-refractivity contribution in [1.29, 1.82) is 0 Å². The summed E-state index contributed by atoms with van der Waals surface area (Å²) < 4.78 is 24.4. The van der Waals surface area contributed by atoms with Crippen molar-refractivity contribution in [3.63, 3.8) is 0 Å². The second kappa shape index (κ2) is 6.98. The van der Waals surface area contributed by atoms with Gasteiger partial charge in [0.1, 0.15) is 12.2 Å². The van der Waals surface area contributed by atoms with E-state index in [1.54, 1.807) is 20.8 Å². The monoisotopic (exact) mass is 348 g/mol. The van der Waals surface area contributed by atoms with Crippen molar-refractivity contribution in [2.75, 3.05) is 0 Å². The minimum Gasteiger partial charge on any atom is -0.461 e. The van der Waals surface area contributed by atoms with Crippen molar-refractivity contribution in [1.82, 2.24) is 0 Å².